The minimum absolute atomic E-state index is 0.0751. The van der Waals surface area contributed by atoms with Gasteiger partial charge in [-0.2, -0.15) is 0 Å². The van der Waals surface area contributed by atoms with Crippen molar-refractivity contribution in [3.05, 3.63) is 81.9 Å². The van der Waals surface area contributed by atoms with Crippen LogP contribution in [0.15, 0.2) is 48.8 Å². The minimum atomic E-state index is -0.0964. The van der Waals surface area contributed by atoms with Gasteiger partial charge >= 0.3 is 0 Å². The number of hydrogen-bond acceptors (Lipinski definition) is 6. The summed E-state index contributed by atoms with van der Waals surface area (Å²) >= 11 is 6.03. The Balaban J connectivity index is 1.36. The zero-order valence-corrected chi connectivity index (χ0v) is 25.5. The quantitative estimate of drug-likeness (QED) is 0.301. The predicted molar refractivity (Wildman–Crippen MR) is 166 cm³/mol. The third-order valence-electron chi connectivity index (χ3n) is 8.01. The molecule has 3 heterocycles. The SMILES string of the molecule is CC(=O)Nc1ccc(N(Cc2cnccc2C)C2CCN(C(C)CCNC(=O)c3c(C)cc(Cl)nc3C)CC2)cc1. The molecule has 218 valence electrons. The van der Waals surface area contributed by atoms with E-state index in [-0.39, 0.29) is 11.8 Å². The number of nitrogens with one attached hydrogen (secondary N) is 2. The standard InChI is InChI=1S/C32H41ClN6O2/c1-21-10-14-34-19-26(21)20-39(28-8-6-27(7-9-28)37-25(5)40)29-12-16-38(17-13-29)23(3)11-15-35-32(41)31-22(2)18-30(33)36-24(31)4/h6-10,14,18-19,23,29H,11-13,15-17,20H2,1-5H3,(H,35,41)(H,37,40). The molecule has 0 bridgehead atoms. The van der Waals surface area contributed by atoms with Crippen molar-refractivity contribution in [3.63, 3.8) is 0 Å². The van der Waals surface area contributed by atoms with Gasteiger partial charge in [0.15, 0.2) is 0 Å². The molecule has 2 N–H and O–H groups in total. The topological polar surface area (TPSA) is 90.5 Å². The van der Waals surface area contributed by atoms with Crippen LogP contribution in [0, 0.1) is 20.8 Å². The molecule has 1 aliphatic heterocycles. The average Bonchev–Trinajstić information content (AvgIpc) is 2.92. The molecule has 1 unspecified atom stereocenters. The molecular formula is C32H41ClN6O2. The summed E-state index contributed by atoms with van der Waals surface area (Å²) in [5, 5.41) is 6.34. The van der Waals surface area contributed by atoms with Gasteiger partial charge in [0.2, 0.25) is 5.91 Å². The van der Waals surface area contributed by atoms with E-state index in [0.29, 0.717) is 35.0 Å². The Morgan fingerprint density at radius 2 is 1.80 bits per heavy atom. The van der Waals surface area contributed by atoms with Crippen molar-refractivity contribution in [1.29, 1.82) is 0 Å². The number of pyridine rings is 2. The van der Waals surface area contributed by atoms with Crippen LogP contribution >= 0.6 is 11.6 Å². The second-order valence-corrected chi connectivity index (χ2v) is 11.4. The number of carbonyl (C=O) groups excluding carboxylic acids is 2. The van der Waals surface area contributed by atoms with E-state index in [9.17, 15) is 9.59 Å². The number of hydrogen-bond donors (Lipinski definition) is 2. The third-order valence-corrected chi connectivity index (χ3v) is 8.21. The Kier molecular flexibility index (Phi) is 10.3. The van der Waals surface area contributed by atoms with Crippen LogP contribution in [0.1, 0.15) is 65.9 Å². The van der Waals surface area contributed by atoms with E-state index >= 15 is 0 Å². The number of aryl methyl sites for hydroxylation is 3. The Morgan fingerprint density at radius 1 is 1.10 bits per heavy atom. The number of likely N-dealkylation sites (tertiary alicyclic amines) is 1. The maximum absolute atomic E-state index is 12.8. The van der Waals surface area contributed by atoms with Crippen LogP contribution in [0.2, 0.25) is 5.15 Å². The number of anilines is 2. The lowest BCUT2D eigenvalue weighted by Crippen LogP contribution is -2.48. The van der Waals surface area contributed by atoms with Gasteiger partial charge < -0.3 is 20.4 Å². The zero-order chi connectivity index (χ0) is 29.5. The molecule has 4 rings (SSSR count). The average molecular weight is 577 g/mol. The number of halogens is 1. The highest BCUT2D eigenvalue weighted by molar-refractivity contribution is 6.29. The molecule has 1 fully saturated rings. The van der Waals surface area contributed by atoms with Gasteiger partial charge in [-0.15, -0.1) is 0 Å². The molecule has 2 amide bonds. The number of amides is 2. The van der Waals surface area contributed by atoms with Gasteiger partial charge in [0, 0.05) is 69.0 Å². The first-order valence-electron chi connectivity index (χ1n) is 14.3. The highest BCUT2D eigenvalue weighted by Gasteiger charge is 2.28. The molecule has 3 aromatic rings. The molecule has 8 nitrogen and oxygen atoms in total. The first-order valence-corrected chi connectivity index (χ1v) is 14.7. The zero-order valence-electron chi connectivity index (χ0n) is 24.7. The van der Waals surface area contributed by atoms with Crippen LogP contribution < -0.4 is 15.5 Å². The normalized spacial score (nSPS) is 14.9. The van der Waals surface area contributed by atoms with Crippen molar-refractivity contribution >= 4 is 34.8 Å². The summed E-state index contributed by atoms with van der Waals surface area (Å²) in [5.41, 5.74) is 6.48. The molecular weight excluding hydrogens is 536 g/mol. The summed E-state index contributed by atoms with van der Waals surface area (Å²) in [7, 11) is 0. The number of carbonyl (C=O) groups is 2. The fourth-order valence-corrected chi connectivity index (χ4v) is 5.94. The van der Waals surface area contributed by atoms with Crippen LogP contribution in [-0.2, 0) is 11.3 Å². The molecule has 41 heavy (non-hydrogen) atoms. The van der Waals surface area contributed by atoms with Crippen molar-refractivity contribution in [3.8, 4) is 0 Å². The number of aromatic nitrogens is 2. The predicted octanol–water partition coefficient (Wildman–Crippen LogP) is 5.69. The van der Waals surface area contributed by atoms with E-state index in [1.807, 2.05) is 38.4 Å². The Bertz CT molecular complexity index is 1330. The number of rotatable bonds is 10. The molecule has 0 spiro atoms. The van der Waals surface area contributed by atoms with E-state index < -0.39 is 0 Å². The lowest BCUT2D eigenvalue weighted by atomic mass is 9.99. The summed E-state index contributed by atoms with van der Waals surface area (Å²) < 4.78 is 0. The molecule has 0 radical (unpaired) electrons. The Hall–Kier alpha value is -3.49. The van der Waals surface area contributed by atoms with Crippen molar-refractivity contribution in [1.82, 2.24) is 20.2 Å². The smallest absolute Gasteiger partial charge is 0.253 e. The van der Waals surface area contributed by atoms with E-state index in [1.54, 1.807) is 6.07 Å². The second kappa shape index (κ2) is 13.9. The number of piperidine rings is 1. The van der Waals surface area contributed by atoms with Crippen molar-refractivity contribution in [2.24, 2.45) is 0 Å². The van der Waals surface area contributed by atoms with Crippen LogP contribution in [-0.4, -0.2) is 58.4 Å². The van der Waals surface area contributed by atoms with Crippen LogP contribution in [0.25, 0.3) is 0 Å². The molecule has 9 heteroatoms. The third kappa shape index (κ3) is 8.05. The lowest BCUT2D eigenvalue weighted by Gasteiger charge is -2.42. The molecule has 2 aromatic heterocycles. The lowest BCUT2D eigenvalue weighted by molar-refractivity contribution is -0.114. The Labute approximate surface area is 248 Å². The number of benzene rings is 1. The minimum Gasteiger partial charge on any atom is -0.364 e. The second-order valence-electron chi connectivity index (χ2n) is 11.0. The summed E-state index contributed by atoms with van der Waals surface area (Å²) in [6, 6.07) is 12.6. The van der Waals surface area contributed by atoms with Gasteiger partial charge in [0.25, 0.3) is 5.91 Å². The van der Waals surface area contributed by atoms with Gasteiger partial charge in [0.05, 0.1) is 11.3 Å². The molecule has 1 aliphatic rings. The van der Waals surface area contributed by atoms with Crippen LogP contribution in [0.5, 0.6) is 0 Å². The fraction of sp³-hybridized carbons (Fsp3) is 0.438. The summed E-state index contributed by atoms with van der Waals surface area (Å²) in [4.78, 5) is 37.9. The van der Waals surface area contributed by atoms with Crippen LogP contribution in [0.3, 0.4) is 0 Å². The van der Waals surface area contributed by atoms with E-state index in [4.69, 9.17) is 11.6 Å². The molecule has 1 atom stereocenters. The highest BCUT2D eigenvalue weighted by atomic mass is 35.5. The van der Waals surface area contributed by atoms with E-state index in [1.165, 1.54) is 18.1 Å². The first-order chi connectivity index (χ1) is 19.6. The molecule has 1 saturated heterocycles. The number of nitrogens with zero attached hydrogens (tertiary/aromatic N) is 4. The summed E-state index contributed by atoms with van der Waals surface area (Å²) in [5.74, 6) is -0.171. The van der Waals surface area contributed by atoms with Crippen molar-refractivity contribution in [2.75, 3.05) is 29.9 Å². The van der Waals surface area contributed by atoms with E-state index in [2.05, 4.69) is 62.4 Å². The van der Waals surface area contributed by atoms with Gasteiger partial charge in [-0.1, -0.05) is 11.6 Å². The maximum atomic E-state index is 12.8. The van der Waals surface area contributed by atoms with Crippen molar-refractivity contribution in [2.45, 2.75) is 72.5 Å². The van der Waals surface area contributed by atoms with Gasteiger partial charge in [-0.25, -0.2) is 4.98 Å². The largest absolute Gasteiger partial charge is 0.364 e. The van der Waals surface area contributed by atoms with Crippen molar-refractivity contribution < 1.29 is 9.59 Å². The molecule has 0 saturated carbocycles. The Morgan fingerprint density at radius 3 is 2.44 bits per heavy atom. The fourth-order valence-electron chi connectivity index (χ4n) is 5.65. The van der Waals surface area contributed by atoms with Gasteiger partial charge in [-0.05, 0) is 100 Å². The van der Waals surface area contributed by atoms with Crippen LogP contribution in [0.4, 0.5) is 11.4 Å². The molecule has 1 aromatic carbocycles. The summed E-state index contributed by atoms with van der Waals surface area (Å²) in [6.07, 6.45) is 6.75. The van der Waals surface area contributed by atoms with Gasteiger partial charge in [0.1, 0.15) is 5.15 Å². The molecule has 0 aliphatic carbocycles. The van der Waals surface area contributed by atoms with Gasteiger partial charge in [-0.3, -0.25) is 14.6 Å². The maximum Gasteiger partial charge on any atom is 0.253 e. The first kappa shape index (κ1) is 30.5. The highest BCUT2D eigenvalue weighted by Crippen LogP contribution is 2.28. The van der Waals surface area contributed by atoms with E-state index in [0.717, 1.165) is 55.8 Å². The monoisotopic (exact) mass is 576 g/mol. The summed E-state index contributed by atoms with van der Waals surface area (Å²) in [6.45, 7) is 13.0.